The molecule has 2 aromatic heterocycles. The van der Waals surface area contributed by atoms with Gasteiger partial charge in [0.2, 0.25) is 0 Å². The van der Waals surface area contributed by atoms with Crippen molar-refractivity contribution >= 4 is 17.5 Å². The number of rotatable bonds is 4. The van der Waals surface area contributed by atoms with Crippen LogP contribution in [-0.4, -0.2) is 31.9 Å². The van der Waals surface area contributed by atoms with E-state index < -0.39 is 5.56 Å². The molecule has 7 nitrogen and oxygen atoms in total. The Morgan fingerprint density at radius 1 is 1.07 bits per heavy atom. The van der Waals surface area contributed by atoms with Gasteiger partial charge in [0.25, 0.3) is 11.5 Å². The lowest BCUT2D eigenvalue weighted by Gasteiger charge is -2.22. The first-order valence-electron chi connectivity index (χ1n) is 9.60. The summed E-state index contributed by atoms with van der Waals surface area (Å²) < 4.78 is 1.19. The fraction of sp³-hybridized carbons (Fsp3) is 0.286. The largest absolute Gasteiger partial charge is 0.349 e. The number of benzene rings is 1. The maximum absolute atomic E-state index is 13.1. The summed E-state index contributed by atoms with van der Waals surface area (Å²) in [6, 6.07) is 10.3. The summed E-state index contributed by atoms with van der Waals surface area (Å²) in [7, 11) is 0. The molecule has 3 aromatic rings. The van der Waals surface area contributed by atoms with Gasteiger partial charge in [-0.3, -0.25) is 9.59 Å². The molecule has 0 atom stereocenters. The number of carbonyl (C=O) groups is 1. The maximum Gasteiger partial charge on any atom is 0.284 e. The number of amides is 1. The van der Waals surface area contributed by atoms with Crippen LogP contribution in [0.3, 0.4) is 0 Å². The summed E-state index contributed by atoms with van der Waals surface area (Å²) in [6.07, 6.45) is 8.13. The van der Waals surface area contributed by atoms with Crippen molar-refractivity contribution in [3.63, 3.8) is 0 Å². The lowest BCUT2D eigenvalue weighted by atomic mass is 9.95. The van der Waals surface area contributed by atoms with E-state index in [4.69, 9.17) is 11.6 Å². The molecule has 0 bridgehead atoms. The Balaban J connectivity index is 1.78. The van der Waals surface area contributed by atoms with E-state index in [2.05, 4.69) is 20.6 Å². The van der Waals surface area contributed by atoms with Crippen LogP contribution in [-0.2, 0) is 0 Å². The van der Waals surface area contributed by atoms with Gasteiger partial charge >= 0.3 is 0 Å². The summed E-state index contributed by atoms with van der Waals surface area (Å²) in [5.41, 5.74) is 1.23. The highest BCUT2D eigenvalue weighted by Crippen LogP contribution is 2.21. The second-order valence-corrected chi connectivity index (χ2v) is 7.51. The molecule has 148 valence electrons. The van der Waals surface area contributed by atoms with E-state index in [1.54, 1.807) is 30.3 Å². The number of aromatic nitrogens is 4. The zero-order valence-corrected chi connectivity index (χ0v) is 16.5. The van der Waals surface area contributed by atoms with Gasteiger partial charge in [0.15, 0.2) is 0 Å². The lowest BCUT2D eigenvalue weighted by Crippen LogP contribution is -2.40. The molecule has 1 amide bonds. The van der Waals surface area contributed by atoms with Crippen molar-refractivity contribution in [1.29, 1.82) is 0 Å². The second-order valence-electron chi connectivity index (χ2n) is 7.08. The minimum Gasteiger partial charge on any atom is -0.349 e. The van der Waals surface area contributed by atoms with E-state index in [-0.39, 0.29) is 17.5 Å². The molecule has 1 aliphatic rings. The average Bonchev–Trinajstić information content (AvgIpc) is 2.76. The maximum atomic E-state index is 13.1. The van der Waals surface area contributed by atoms with E-state index in [9.17, 15) is 9.59 Å². The Bertz CT molecular complexity index is 1060. The van der Waals surface area contributed by atoms with Gasteiger partial charge in [-0.25, -0.2) is 0 Å². The van der Waals surface area contributed by atoms with E-state index in [1.807, 2.05) is 0 Å². The van der Waals surface area contributed by atoms with Crippen molar-refractivity contribution in [1.82, 2.24) is 25.3 Å². The van der Waals surface area contributed by atoms with Crippen LogP contribution in [0.4, 0.5) is 0 Å². The Hall–Kier alpha value is -3.06. The van der Waals surface area contributed by atoms with Gasteiger partial charge in [-0.15, -0.1) is 0 Å². The molecule has 1 saturated carbocycles. The summed E-state index contributed by atoms with van der Waals surface area (Å²) in [5.74, 6) is -0.379. The molecular weight excluding hydrogens is 390 g/mol. The van der Waals surface area contributed by atoms with E-state index in [1.165, 1.54) is 29.6 Å². The van der Waals surface area contributed by atoms with Crippen LogP contribution in [0.15, 0.2) is 53.6 Å². The number of nitrogens with one attached hydrogen (secondary N) is 1. The fourth-order valence-electron chi connectivity index (χ4n) is 3.51. The highest BCUT2D eigenvalue weighted by molar-refractivity contribution is 6.30. The van der Waals surface area contributed by atoms with Crippen LogP contribution in [0.1, 0.15) is 42.5 Å². The van der Waals surface area contributed by atoms with Crippen molar-refractivity contribution in [2.75, 3.05) is 0 Å². The summed E-state index contributed by atoms with van der Waals surface area (Å²) in [4.78, 5) is 26.0. The van der Waals surface area contributed by atoms with Crippen LogP contribution in [0.2, 0.25) is 5.02 Å². The predicted octanol–water partition coefficient (Wildman–Crippen LogP) is 3.41. The van der Waals surface area contributed by atoms with Crippen LogP contribution in [0.25, 0.3) is 16.9 Å². The number of carbonyl (C=O) groups excluding carboxylic acids is 1. The molecule has 0 spiro atoms. The second kappa shape index (κ2) is 8.53. The Kier molecular flexibility index (Phi) is 5.67. The summed E-state index contributed by atoms with van der Waals surface area (Å²) in [5, 5.41) is 15.6. The molecule has 2 heterocycles. The fourth-order valence-corrected chi connectivity index (χ4v) is 3.64. The van der Waals surface area contributed by atoms with Crippen molar-refractivity contribution in [3.05, 3.63) is 69.7 Å². The van der Waals surface area contributed by atoms with Crippen molar-refractivity contribution < 1.29 is 4.79 Å². The van der Waals surface area contributed by atoms with Crippen LogP contribution in [0, 0.1) is 0 Å². The zero-order valence-electron chi connectivity index (χ0n) is 15.7. The highest BCUT2D eigenvalue weighted by atomic mass is 35.5. The molecule has 0 saturated heterocycles. The highest BCUT2D eigenvalue weighted by Gasteiger charge is 2.21. The molecule has 1 aromatic carbocycles. The molecule has 8 heteroatoms. The summed E-state index contributed by atoms with van der Waals surface area (Å²) >= 11 is 5.99. The van der Waals surface area contributed by atoms with Gasteiger partial charge in [-0.05, 0) is 37.1 Å². The Morgan fingerprint density at radius 3 is 2.52 bits per heavy atom. The third-order valence-electron chi connectivity index (χ3n) is 5.05. The van der Waals surface area contributed by atoms with Crippen LogP contribution >= 0.6 is 11.6 Å². The standard InChI is InChI=1S/C21H20ClN5O2/c22-15-8-6-14(7-9-15)19-12-18(20(28)25-16-4-2-1-3-5-16)21(29)27(26-19)17-10-11-23-24-13-17/h6-13,16H,1-5H2,(H,25,28). The van der Waals surface area contributed by atoms with Crippen molar-refractivity contribution in [2.24, 2.45) is 0 Å². The average molecular weight is 410 g/mol. The molecule has 1 N–H and O–H groups in total. The third-order valence-corrected chi connectivity index (χ3v) is 5.30. The predicted molar refractivity (Wildman–Crippen MR) is 110 cm³/mol. The van der Waals surface area contributed by atoms with Crippen molar-refractivity contribution in [2.45, 2.75) is 38.1 Å². The minimum absolute atomic E-state index is 0.0485. The van der Waals surface area contributed by atoms with Gasteiger partial charge in [-0.2, -0.15) is 20.0 Å². The lowest BCUT2D eigenvalue weighted by molar-refractivity contribution is 0.0925. The summed E-state index contributed by atoms with van der Waals surface area (Å²) in [6.45, 7) is 0. The molecule has 4 rings (SSSR count). The van der Waals surface area contributed by atoms with E-state index >= 15 is 0 Å². The number of nitrogens with zero attached hydrogens (tertiary/aromatic N) is 4. The van der Waals surface area contributed by atoms with Gasteiger partial charge in [0.05, 0.1) is 23.8 Å². The SMILES string of the molecule is O=C(NC1CCCCC1)c1cc(-c2ccc(Cl)cc2)nn(-c2ccnnc2)c1=O. The monoisotopic (exact) mass is 409 g/mol. The Morgan fingerprint density at radius 2 is 1.83 bits per heavy atom. The van der Waals surface area contributed by atoms with Gasteiger partial charge < -0.3 is 5.32 Å². The molecule has 0 radical (unpaired) electrons. The topological polar surface area (TPSA) is 89.8 Å². The first kappa shape index (κ1) is 19.3. The normalized spacial score (nSPS) is 14.5. The zero-order chi connectivity index (χ0) is 20.2. The smallest absolute Gasteiger partial charge is 0.284 e. The molecular formula is C21H20ClN5O2. The van der Waals surface area contributed by atoms with E-state index in [0.717, 1.165) is 31.2 Å². The van der Waals surface area contributed by atoms with Crippen LogP contribution in [0.5, 0.6) is 0 Å². The number of halogens is 1. The molecule has 1 aliphatic carbocycles. The first-order valence-corrected chi connectivity index (χ1v) is 9.98. The first-order chi connectivity index (χ1) is 14.1. The van der Waals surface area contributed by atoms with Gasteiger partial charge in [0.1, 0.15) is 5.56 Å². The Labute approximate surface area is 172 Å². The molecule has 29 heavy (non-hydrogen) atoms. The van der Waals surface area contributed by atoms with Crippen molar-refractivity contribution in [3.8, 4) is 16.9 Å². The molecule has 0 aliphatic heterocycles. The molecule has 0 unspecified atom stereocenters. The minimum atomic E-state index is -0.496. The van der Waals surface area contributed by atoms with E-state index in [0.29, 0.717) is 16.4 Å². The quantitative estimate of drug-likeness (QED) is 0.713. The third kappa shape index (κ3) is 4.35. The van der Waals surface area contributed by atoms with Gasteiger partial charge in [-0.1, -0.05) is 43.0 Å². The van der Waals surface area contributed by atoms with Gasteiger partial charge in [0, 0.05) is 16.6 Å². The number of hydrogen-bond donors (Lipinski definition) is 1. The molecule has 1 fully saturated rings. The number of hydrogen-bond acceptors (Lipinski definition) is 5. The van der Waals surface area contributed by atoms with Crippen LogP contribution < -0.4 is 10.9 Å².